The van der Waals surface area contributed by atoms with Crippen molar-refractivity contribution in [1.82, 2.24) is 19.4 Å². The molecule has 2 aromatic carbocycles. The summed E-state index contributed by atoms with van der Waals surface area (Å²) in [6.45, 7) is 11.9. The van der Waals surface area contributed by atoms with E-state index in [1.807, 2.05) is 53.1 Å². The van der Waals surface area contributed by atoms with Crippen LogP contribution in [0.3, 0.4) is 0 Å². The summed E-state index contributed by atoms with van der Waals surface area (Å²) in [6.07, 6.45) is 2.70. The highest BCUT2D eigenvalue weighted by Crippen LogP contribution is 2.40. The SMILES string of the molecule is COc1c(NC(=O)c2cc3cccc(Oc4ccnc(NCC(C)(C)CN(C)C)n4)c3n2C)cc(C(C)(C)C)cc1NS(C)(=O)=O. The molecule has 0 unspecified atom stereocenters. The smallest absolute Gasteiger partial charge is 0.272 e. The Hall–Kier alpha value is -4.36. The number of anilines is 3. The number of amides is 1. The van der Waals surface area contributed by atoms with Gasteiger partial charge in [0.15, 0.2) is 11.5 Å². The molecule has 1 amide bonds. The number of sulfonamides is 1. The molecule has 0 saturated heterocycles. The number of methoxy groups -OCH3 is 1. The van der Waals surface area contributed by atoms with E-state index in [0.29, 0.717) is 41.0 Å². The van der Waals surface area contributed by atoms with Gasteiger partial charge in [-0.1, -0.05) is 46.8 Å². The number of rotatable bonds is 12. The second-order valence-electron chi connectivity index (χ2n) is 13.5. The number of aromatic nitrogens is 3. The lowest BCUT2D eigenvalue weighted by Crippen LogP contribution is -2.34. The lowest BCUT2D eigenvalue weighted by Gasteiger charge is -2.28. The Kier molecular flexibility index (Phi) is 9.88. The first-order valence-corrected chi connectivity index (χ1v) is 16.8. The van der Waals surface area contributed by atoms with Crippen LogP contribution in [0.15, 0.2) is 48.7 Å². The minimum atomic E-state index is -3.62. The van der Waals surface area contributed by atoms with Crippen molar-refractivity contribution in [3.63, 3.8) is 0 Å². The van der Waals surface area contributed by atoms with Crippen LogP contribution in [-0.2, 0) is 22.5 Å². The average molecular weight is 652 g/mol. The van der Waals surface area contributed by atoms with Gasteiger partial charge in [0.25, 0.3) is 5.91 Å². The molecular weight excluding hydrogens is 606 g/mol. The van der Waals surface area contributed by atoms with Crippen LogP contribution >= 0.6 is 0 Å². The predicted octanol–water partition coefficient (Wildman–Crippen LogP) is 5.69. The quantitative estimate of drug-likeness (QED) is 0.176. The van der Waals surface area contributed by atoms with Crippen LogP contribution in [0.5, 0.6) is 17.4 Å². The molecule has 3 N–H and O–H groups in total. The minimum Gasteiger partial charge on any atom is -0.492 e. The summed E-state index contributed by atoms with van der Waals surface area (Å²) in [5, 5.41) is 7.04. The molecule has 0 fully saturated rings. The highest BCUT2D eigenvalue weighted by atomic mass is 32.2. The van der Waals surface area contributed by atoms with Gasteiger partial charge >= 0.3 is 0 Å². The first-order valence-electron chi connectivity index (χ1n) is 14.9. The van der Waals surface area contributed by atoms with Gasteiger partial charge in [-0.25, -0.2) is 13.4 Å². The second-order valence-corrected chi connectivity index (χ2v) is 15.3. The van der Waals surface area contributed by atoms with Gasteiger partial charge in [-0.05, 0) is 54.8 Å². The molecule has 248 valence electrons. The number of nitrogens with zero attached hydrogens (tertiary/aromatic N) is 4. The Balaban J connectivity index is 1.64. The first-order chi connectivity index (χ1) is 21.4. The van der Waals surface area contributed by atoms with Crippen molar-refractivity contribution in [1.29, 1.82) is 0 Å². The molecule has 0 aliphatic rings. The van der Waals surface area contributed by atoms with Crippen LogP contribution in [0, 0.1) is 5.41 Å². The summed E-state index contributed by atoms with van der Waals surface area (Å²) in [5.41, 5.74) is 2.09. The van der Waals surface area contributed by atoms with Crippen molar-refractivity contribution >= 4 is 44.2 Å². The van der Waals surface area contributed by atoms with Crippen molar-refractivity contribution in [2.45, 2.75) is 40.0 Å². The number of nitrogens with one attached hydrogen (secondary N) is 3. The third kappa shape index (κ3) is 8.46. The number of hydrogen-bond donors (Lipinski definition) is 3. The molecule has 4 aromatic rings. The van der Waals surface area contributed by atoms with E-state index in [9.17, 15) is 13.2 Å². The van der Waals surface area contributed by atoms with E-state index in [4.69, 9.17) is 9.47 Å². The molecule has 13 heteroatoms. The summed E-state index contributed by atoms with van der Waals surface area (Å²) in [4.78, 5) is 24.8. The van der Waals surface area contributed by atoms with Crippen LogP contribution in [0.4, 0.5) is 17.3 Å². The summed E-state index contributed by atoms with van der Waals surface area (Å²) in [7, 11) is 3.68. The summed E-state index contributed by atoms with van der Waals surface area (Å²) in [5.74, 6) is 1.13. The Labute approximate surface area is 271 Å². The maximum absolute atomic E-state index is 13.8. The van der Waals surface area contributed by atoms with Crippen LogP contribution in [-0.4, -0.2) is 74.3 Å². The number of carbonyl (C=O) groups excluding carboxylic acids is 1. The number of fused-ring (bicyclic) bond motifs is 1. The maximum Gasteiger partial charge on any atom is 0.272 e. The van der Waals surface area contributed by atoms with Crippen molar-refractivity contribution < 1.29 is 22.7 Å². The van der Waals surface area contributed by atoms with Gasteiger partial charge in [0.05, 0.1) is 30.3 Å². The lowest BCUT2D eigenvalue weighted by molar-refractivity contribution is 0.101. The zero-order valence-corrected chi connectivity index (χ0v) is 29.1. The predicted molar refractivity (Wildman–Crippen MR) is 184 cm³/mol. The van der Waals surface area contributed by atoms with E-state index >= 15 is 0 Å². The fraction of sp³-hybridized carbons (Fsp3) is 0.424. The van der Waals surface area contributed by atoms with Crippen molar-refractivity contribution in [2.75, 3.05) is 55.9 Å². The molecule has 46 heavy (non-hydrogen) atoms. The van der Waals surface area contributed by atoms with E-state index in [0.717, 1.165) is 23.8 Å². The van der Waals surface area contributed by atoms with E-state index in [-0.39, 0.29) is 22.3 Å². The fourth-order valence-electron chi connectivity index (χ4n) is 5.34. The molecule has 2 aromatic heterocycles. The first kappa shape index (κ1) is 34.5. The fourth-order valence-corrected chi connectivity index (χ4v) is 5.89. The summed E-state index contributed by atoms with van der Waals surface area (Å²) >= 11 is 0. The van der Waals surface area contributed by atoms with Crippen molar-refractivity contribution in [3.05, 3.63) is 59.9 Å². The van der Waals surface area contributed by atoms with Crippen LogP contribution in [0.25, 0.3) is 10.9 Å². The Morgan fingerprint density at radius 3 is 2.37 bits per heavy atom. The molecule has 0 spiro atoms. The van der Waals surface area contributed by atoms with E-state index in [1.165, 1.54) is 7.11 Å². The van der Waals surface area contributed by atoms with Crippen LogP contribution < -0.4 is 24.8 Å². The maximum atomic E-state index is 13.8. The van der Waals surface area contributed by atoms with Gasteiger partial charge in [-0.3, -0.25) is 9.52 Å². The number of carbonyl (C=O) groups is 1. The molecular formula is C33H45N7O5S. The average Bonchev–Trinajstić information content (AvgIpc) is 3.27. The van der Waals surface area contributed by atoms with E-state index in [1.54, 1.807) is 42.1 Å². The topological polar surface area (TPSA) is 140 Å². The summed E-state index contributed by atoms with van der Waals surface area (Å²) < 4.78 is 40.3. The van der Waals surface area contributed by atoms with Gasteiger partial charge in [-0.15, -0.1) is 0 Å². The Bertz CT molecular complexity index is 1840. The number of benzene rings is 2. The normalized spacial score (nSPS) is 12.3. The number of hydrogen-bond acceptors (Lipinski definition) is 9. The van der Waals surface area contributed by atoms with Crippen LogP contribution in [0.2, 0.25) is 0 Å². The summed E-state index contributed by atoms with van der Waals surface area (Å²) in [6, 6.07) is 12.5. The zero-order chi connectivity index (χ0) is 34.0. The monoisotopic (exact) mass is 651 g/mol. The molecule has 0 aliphatic carbocycles. The molecule has 0 bridgehead atoms. The van der Waals surface area contributed by atoms with Gasteiger partial charge in [0, 0.05) is 37.8 Å². The molecule has 0 saturated carbocycles. The van der Waals surface area contributed by atoms with Crippen molar-refractivity contribution in [3.8, 4) is 17.4 Å². The third-order valence-corrected chi connectivity index (χ3v) is 7.86. The molecule has 4 rings (SSSR count). The Morgan fingerprint density at radius 1 is 1.04 bits per heavy atom. The molecule has 0 atom stereocenters. The standard InChI is InChI=1S/C33H45N7O5S/c1-32(2,3)22-17-23(29(44-9)24(18-22)38-46(10,42)43)36-30(41)25-16-21-12-11-13-26(28(21)40(25)8)45-27-14-15-34-31(37-27)35-19-33(4,5)20-39(6)7/h11-18,38H,19-20H2,1-10H3,(H,36,41)(H,34,35,37). The highest BCUT2D eigenvalue weighted by molar-refractivity contribution is 7.92. The molecule has 2 heterocycles. The van der Waals surface area contributed by atoms with Gasteiger partial charge in [0.1, 0.15) is 5.69 Å². The number of aryl methyl sites for hydroxylation is 1. The van der Waals surface area contributed by atoms with Gasteiger partial charge in [-0.2, -0.15) is 4.98 Å². The minimum absolute atomic E-state index is 0.000798. The van der Waals surface area contributed by atoms with Crippen molar-refractivity contribution in [2.24, 2.45) is 12.5 Å². The molecule has 0 aliphatic heterocycles. The van der Waals surface area contributed by atoms with E-state index in [2.05, 4.69) is 44.1 Å². The highest BCUT2D eigenvalue weighted by Gasteiger charge is 2.24. The van der Waals surface area contributed by atoms with E-state index < -0.39 is 15.9 Å². The van der Waals surface area contributed by atoms with Gasteiger partial charge < -0.3 is 29.6 Å². The second kappa shape index (κ2) is 13.2. The number of ether oxygens (including phenoxy) is 2. The lowest BCUT2D eigenvalue weighted by atomic mass is 9.86. The molecule has 12 nitrogen and oxygen atoms in total. The number of para-hydroxylation sites is 1. The molecule has 0 radical (unpaired) electrons. The largest absolute Gasteiger partial charge is 0.492 e. The third-order valence-electron chi connectivity index (χ3n) is 7.27. The zero-order valence-electron chi connectivity index (χ0n) is 28.3. The van der Waals surface area contributed by atoms with Crippen LogP contribution in [0.1, 0.15) is 50.7 Å². The van der Waals surface area contributed by atoms with Gasteiger partial charge in [0.2, 0.25) is 21.9 Å². The Morgan fingerprint density at radius 2 is 1.74 bits per heavy atom.